The van der Waals surface area contributed by atoms with Gasteiger partial charge in [-0.2, -0.15) is 4.31 Å². The van der Waals surface area contributed by atoms with Gasteiger partial charge in [0.25, 0.3) is 11.8 Å². The first-order valence-electron chi connectivity index (χ1n) is 7.54. The van der Waals surface area contributed by atoms with Gasteiger partial charge in [-0.3, -0.25) is 20.4 Å². The van der Waals surface area contributed by atoms with Crippen molar-refractivity contribution in [1.29, 1.82) is 0 Å². The summed E-state index contributed by atoms with van der Waals surface area (Å²) in [6.07, 6.45) is 1.18. The van der Waals surface area contributed by atoms with E-state index in [1.165, 1.54) is 31.4 Å². The van der Waals surface area contributed by atoms with Crippen molar-refractivity contribution in [2.75, 3.05) is 13.6 Å². The smallest absolute Gasteiger partial charge is 0.271 e. The molecule has 2 aromatic rings. The van der Waals surface area contributed by atoms with Crippen molar-refractivity contribution < 1.29 is 18.0 Å². The molecule has 0 saturated heterocycles. The zero-order valence-electron chi connectivity index (χ0n) is 14.4. The second kappa shape index (κ2) is 8.66. The summed E-state index contributed by atoms with van der Waals surface area (Å²) in [5, 5.41) is 0.125. The molecular formula is C16H16Cl2N4O4S. The molecule has 2 amide bonds. The molecule has 0 radical (unpaired) electrons. The Balaban J connectivity index is 1.95. The largest absolute Gasteiger partial charge is 0.272 e. The maximum absolute atomic E-state index is 12.4. The lowest BCUT2D eigenvalue weighted by atomic mass is 10.2. The van der Waals surface area contributed by atoms with Crippen LogP contribution in [-0.4, -0.2) is 43.1 Å². The molecule has 1 heterocycles. The lowest BCUT2D eigenvalue weighted by Gasteiger charge is -2.17. The number of hydrogen-bond donors (Lipinski definition) is 2. The van der Waals surface area contributed by atoms with Crippen molar-refractivity contribution in [3.63, 3.8) is 0 Å². The molecule has 0 aliphatic rings. The average molecular weight is 431 g/mol. The molecule has 0 spiro atoms. The fourth-order valence-electron chi connectivity index (χ4n) is 1.96. The van der Waals surface area contributed by atoms with E-state index in [-0.39, 0.29) is 20.6 Å². The van der Waals surface area contributed by atoms with Crippen LogP contribution >= 0.6 is 23.2 Å². The first kappa shape index (κ1) is 21.1. The highest BCUT2D eigenvalue weighted by Gasteiger charge is 2.23. The fraction of sp³-hybridized carbons (Fsp3) is 0.188. The third-order valence-corrected chi connectivity index (χ3v) is 5.97. The molecule has 2 rings (SSSR count). The van der Waals surface area contributed by atoms with Crippen molar-refractivity contribution in [1.82, 2.24) is 20.1 Å². The molecule has 27 heavy (non-hydrogen) atoms. The number of rotatable bonds is 5. The molecule has 0 aliphatic carbocycles. The van der Waals surface area contributed by atoms with Gasteiger partial charge in [0.05, 0.1) is 22.0 Å². The minimum Gasteiger partial charge on any atom is -0.272 e. The van der Waals surface area contributed by atoms with Crippen LogP contribution in [0.25, 0.3) is 0 Å². The molecule has 0 saturated carbocycles. The van der Waals surface area contributed by atoms with Crippen LogP contribution in [0.5, 0.6) is 0 Å². The predicted molar refractivity (Wildman–Crippen MR) is 101 cm³/mol. The lowest BCUT2D eigenvalue weighted by Crippen LogP contribution is -2.46. The van der Waals surface area contributed by atoms with Crippen molar-refractivity contribution in [2.24, 2.45) is 0 Å². The van der Waals surface area contributed by atoms with E-state index in [1.807, 2.05) is 6.92 Å². The Morgan fingerprint density at radius 1 is 1.15 bits per heavy atom. The maximum atomic E-state index is 12.4. The lowest BCUT2D eigenvalue weighted by molar-refractivity contribution is -0.121. The van der Waals surface area contributed by atoms with Gasteiger partial charge in [-0.15, -0.1) is 0 Å². The highest BCUT2D eigenvalue weighted by Crippen LogP contribution is 2.19. The normalized spacial score (nSPS) is 11.3. The van der Waals surface area contributed by atoms with Gasteiger partial charge in [0.15, 0.2) is 0 Å². The molecule has 0 unspecified atom stereocenters. The van der Waals surface area contributed by atoms with Crippen LogP contribution in [0.3, 0.4) is 0 Å². The second-order valence-corrected chi connectivity index (χ2v) is 8.38. The molecule has 11 heteroatoms. The van der Waals surface area contributed by atoms with Crippen LogP contribution in [0, 0.1) is 6.92 Å². The number of nitrogens with one attached hydrogen (secondary N) is 2. The van der Waals surface area contributed by atoms with Gasteiger partial charge in [0.2, 0.25) is 10.0 Å². The number of carbonyl (C=O) groups excluding carboxylic acids is 2. The van der Waals surface area contributed by atoms with Crippen LogP contribution < -0.4 is 10.9 Å². The van der Waals surface area contributed by atoms with Gasteiger partial charge in [-0.25, -0.2) is 13.4 Å². The van der Waals surface area contributed by atoms with E-state index in [0.29, 0.717) is 0 Å². The quantitative estimate of drug-likeness (QED) is 0.554. The number of aryl methyl sites for hydroxylation is 1. The SMILES string of the molecule is Cc1ccc(S(=O)(=O)N(C)CC(=O)NNC(=O)c2cnc(Cl)c(Cl)c2)cc1. The molecule has 0 aliphatic heterocycles. The number of aromatic nitrogens is 1. The number of nitrogens with zero attached hydrogens (tertiary/aromatic N) is 2. The van der Waals surface area contributed by atoms with E-state index in [9.17, 15) is 18.0 Å². The number of pyridine rings is 1. The minimum absolute atomic E-state index is 0.0418. The van der Waals surface area contributed by atoms with Crippen molar-refractivity contribution in [2.45, 2.75) is 11.8 Å². The summed E-state index contributed by atoms with van der Waals surface area (Å²) >= 11 is 11.4. The Morgan fingerprint density at radius 2 is 1.78 bits per heavy atom. The molecule has 0 atom stereocenters. The summed E-state index contributed by atoms with van der Waals surface area (Å²) in [5.41, 5.74) is 5.26. The molecule has 1 aromatic carbocycles. The average Bonchev–Trinajstić information content (AvgIpc) is 2.62. The van der Waals surface area contributed by atoms with E-state index < -0.39 is 28.4 Å². The van der Waals surface area contributed by atoms with E-state index >= 15 is 0 Å². The Labute approximate surface area is 166 Å². The van der Waals surface area contributed by atoms with Gasteiger partial charge in [0.1, 0.15) is 5.15 Å². The Hall–Kier alpha value is -2.20. The van der Waals surface area contributed by atoms with E-state index in [1.54, 1.807) is 12.1 Å². The molecule has 0 fully saturated rings. The third-order valence-electron chi connectivity index (χ3n) is 3.47. The van der Waals surface area contributed by atoms with Crippen molar-refractivity contribution >= 4 is 45.0 Å². The fourth-order valence-corrected chi connectivity index (χ4v) is 3.36. The molecule has 2 N–H and O–H groups in total. The van der Waals surface area contributed by atoms with Crippen LogP contribution in [0.2, 0.25) is 10.2 Å². The van der Waals surface area contributed by atoms with Crippen LogP contribution in [0.4, 0.5) is 0 Å². The number of halogens is 2. The molecule has 144 valence electrons. The van der Waals surface area contributed by atoms with E-state index in [0.717, 1.165) is 9.87 Å². The third kappa shape index (κ3) is 5.39. The Kier molecular flexibility index (Phi) is 6.77. The van der Waals surface area contributed by atoms with Crippen molar-refractivity contribution in [3.8, 4) is 0 Å². The Morgan fingerprint density at radius 3 is 2.37 bits per heavy atom. The highest BCUT2D eigenvalue weighted by atomic mass is 35.5. The molecular weight excluding hydrogens is 415 g/mol. The number of hydrazine groups is 1. The predicted octanol–water partition coefficient (Wildman–Crippen LogP) is 1.78. The highest BCUT2D eigenvalue weighted by molar-refractivity contribution is 7.89. The van der Waals surface area contributed by atoms with Crippen LogP contribution in [-0.2, 0) is 14.8 Å². The van der Waals surface area contributed by atoms with Gasteiger partial charge in [-0.1, -0.05) is 40.9 Å². The van der Waals surface area contributed by atoms with Crippen LogP contribution in [0.1, 0.15) is 15.9 Å². The number of likely N-dealkylation sites (N-methyl/N-ethyl adjacent to an activating group) is 1. The number of amides is 2. The number of carbonyl (C=O) groups is 2. The minimum atomic E-state index is -3.83. The van der Waals surface area contributed by atoms with Gasteiger partial charge < -0.3 is 0 Å². The summed E-state index contributed by atoms with van der Waals surface area (Å²) in [7, 11) is -2.57. The summed E-state index contributed by atoms with van der Waals surface area (Å²) < 4.78 is 25.7. The number of hydrogen-bond acceptors (Lipinski definition) is 5. The molecule has 0 bridgehead atoms. The first-order chi connectivity index (χ1) is 12.6. The van der Waals surface area contributed by atoms with E-state index in [2.05, 4.69) is 15.8 Å². The number of sulfonamides is 1. The Bertz CT molecular complexity index is 965. The summed E-state index contributed by atoms with van der Waals surface area (Å²) in [5.74, 6) is -1.41. The summed E-state index contributed by atoms with van der Waals surface area (Å²) in [6, 6.07) is 7.52. The zero-order valence-corrected chi connectivity index (χ0v) is 16.7. The first-order valence-corrected chi connectivity index (χ1v) is 9.74. The molecule has 8 nitrogen and oxygen atoms in total. The van der Waals surface area contributed by atoms with E-state index in [4.69, 9.17) is 23.2 Å². The van der Waals surface area contributed by atoms with Crippen LogP contribution in [0.15, 0.2) is 41.4 Å². The summed E-state index contributed by atoms with van der Waals surface area (Å²) in [6.45, 7) is 1.34. The molecule has 1 aromatic heterocycles. The second-order valence-electron chi connectivity index (χ2n) is 5.57. The monoisotopic (exact) mass is 430 g/mol. The number of benzene rings is 1. The maximum Gasteiger partial charge on any atom is 0.271 e. The standard InChI is InChI=1S/C16H16Cl2N4O4S/c1-10-3-5-12(6-4-10)27(25,26)22(2)9-14(23)20-21-16(24)11-7-13(17)15(18)19-8-11/h3-8H,9H2,1-2H3,(H,20,23)(H,21,24). The van der Waals surface area contributed by atoms with Crippen molar-refractivity contribution in [3.05, 3.63) is 57.8 Å². The van der Waals surface area contributed by atoms with Gasteiger partial charge in [0, 0.05) is 13.2 Å². The zero-order chi connectivity index (χ0) is 20.2. The summed E-state index contributed by atoms with van der Waals surface area (Å²) in [4.78, 5) is 27.7. The van der Waals surface area contributed by atoms with Gasteiger partial charge in [-0.05, 0) is 25.1 Å². The van der Waals surface area contributed by atoms with Gasteiger partial charge >= 0.3 is 0 Å². The topological polar surface area (TPSA) is 108 Å².